The van der Waals surface area contributed by atoms with Gasteiger partial charge in [0.1, 0.15) is 6.33 Å². The predicted molar refractivity (Wildman–Crippen MR) is 33.3 cm³/mol. The summed E-state index contributed by atoms with van der Waals surface area (Å²) in [6, 6.07) is 0. The lowest BCUT2D eigenvalue weighted by atomic mass is 10.5. The minimum Gasteiger partial charge on any atom is -0.201 e. The highest BCUT2D eigenvalue weighted by molar-refractivity contribution is 5.50. The molecule has 0 radical (unpaired) electrons. The van der Waals surface area contributed by atoms with Gasteiger partial charge in [0.15, 0.2) is 0 Å². The van der Waals surface area contributed by atoms with Crippen LogP contribution in [0.2, 0.25) is 0 Å². The summed E-state index contributed by atoms with van der Waals surface area (Å²) in [5, 5.41) is 10.4. The second-order valence-electron chi connectivity index (χ2n) is 1.45. The van der Waals surface area contributed by atoms with Crippen molar-refractivity contribution < 1.29 is 0 Å². The molecule has 0 atom stereocenters. The van der Waals surface area contributed by atoms with Crippen LogP contribution >= 0.6 is 0 Å². The van der Waals surface area contributed by atoms with Crippen LogP contribution in [0.1, 0.15) is 0 Å². The molecule has 0 aliphatic rings. The SMILES string of the molecule is C=CC(=C)n1cnnn1. The van der Waals surface area contributed by atoms with Crippen molar-refractivity contribution >= 4 is 5.70 Å². The summed E-state index contributed by atoms with van der Waals surface area (Å²) < 4.78 is 1.44. The fourth-order valence-electron chi connectivity index (χ4n) is 0.386. The standard InChI is InChI=1S/C5H6N4/c1-3-5(2)9-4-6-7-8-9/h3-4H,1-2H2. The molecule has 0 aromatic carbocycles. The summed E-state index contributed by atoms with van der Waals surface area (Å²) in [5.74, 6) is 0. The second-order valence-corrected chi connectivity index (χ2v) is 1.45. The summed E-state index contributed by atoms with van der Waals surface area (Å²) in [4.78, 5) is 0. The van der Waals surface area contributed by atoms with Crippen molar-refractivity contribution in [2.75, 3.05) is 0 Å². The summed E-state index contributed by atoms with van der Waals surface area (Å²) in [7, 11) is 0. The van der Waals surface area contributed by atoms with E-state index in [2.05, 4.69) is 28.7 Å². The van der Waals surface area contributed by atoms with Crippen LogP contribution in [0, 0.1) is 0 Å². The van der Waals surface area contributed by atoms with Gasteiger partial charge in [-0.1, -0.05) is 13.2 Å². The summed E-state index contributed by atoms with van der Waals surface area (Å²) in [5.41, 5.74) is 0.667. The Labute approximate surface area is 52.5 Å². The molecule has 1 aromatic heterocycles. The smallest absolute Gasteiger partial charge is 0.143 e. The Morgan fingerprint density at radius 2 is 2.44 bits per heavy atom. The number of hydrogen-bond acceptors (Lipinski definition) is 3. The molecule has 4 heteroatoms. The summed E-state index contributed by atoms with van der Waals surface area (Å²) >= 11 is 0. The highest BCUT2D eigenvalue weighted by Gasteiger charge is 1.89. The van der Waals surface area contributed by atoms with Crippen molar-refractivity contribution in [3.8, 4) is 0 Å². The van der Waals surface area contributed by atoms with Crippen LogP contribution in [-0.2, 0) is 0 Å². The molecule has 9 heavy (non-hydrogen) atoms. The van der Waals surface area contributed by atoms with E-state index in [0.717, 1.165) is 0 Å². The highest BCUT2D eigenvalue weighted by Crippen LogP contribution is 1.94. The van der Waals surface area contributed by atoms with Gasteiger partial charge in [0, 0.05) is 0 Å². The van der Waals surface area contributed by atoms with Crippen molar-refractivity contribution in [1.82, 2.24) is 20.2 Å². The van der Waals surface area contributed by atoms with Crippen LogP contribution in [0.15, 0.2) is 25.6 Å². The Kier molecular flexibility index (Phi) is 1.40. The normalized spacial score (nSPS) is 8.89. The second kappa shape index (κ2) is 2.21. The van der Waals surface area contributed by atoms with E-state index in [1.165, 1.54) is 11.0 Å². The lowest BCUT2D eigenvalue weighted by molar-refractivity contribution is 0.807. The Morgan fingerprint density at radius 1 is 1.67 bits per heavy atom. The number of nitrogens with zero attached hydrogens (tertiary/aromatic N) is 4. The van der Waals surface area contributed by atoms with E-state index >= 15 is 0 Å². The molecule has 46 valence electrons. The Hall–Kier alpha value is -1.45. The topological polar surface area (TPSA) is 43.6 Å². The molecule has 0 aliphatic carbocycles. The lowest BCUT2D eigenvalue weighted by Crippen LogP contribution is -1.92. The molecule has 0 aliphatic heterocycles. The van der Waals surface area contributed by atoms with Gasteiger partial charge in [0.25, 0.3) is 0 Å². The average molecular weight is 122 g/mol. The molecule has 0 saturated heterocycles. The van der Waals surface area contributed by atoms with Crippen molar-refractivity contribution in [2.24, 2.45) is 0 Å². The minimum atomic E-state index is 0.667. The largest absolute Gasteiger partial charge is 0.201 e. The number of rotatable bonds is 2. The average Bonchev–Trinajstić information content (AvgIpc) is 2.37. The first-order valence-electron chi connectivity index (χ1n) is 2.39. The zero-order chi connectivity index (χ0) is 6.69. The quantitative estimate of drug-likeness (QED) is 0.531. The number of allylic oxidation sites excluding steroid dienone is 2. The van der Waals surface area contributed by atoms with Crippen LogP contribution in [-0.4, -0.2) is 20.2 Å². The molecule has 0 spiro atoms. The number of tetrazole rings is 1. The maximum atomic E-state index is 3.62. The molecule has 0 fully saturated rings. The van der Waals surface area contributed by atoms with Gasteiger partial charge in [-0.25, -0.2) is 4.68 Å². The third kappa shape index (κ3) is 1.02. The van der Waals surface area contributed by atoms with Crippen LogP contribution in [0.5, 0.6) is 0 Å². The van der Waals surface area contributed by atoms with Crippen LogP contribution in [0.25, 0.3) is 5.70 Å². The van der Waals surface area contributed by atoms with E-state index in [0.29, 0.717) is 5.70 Å². The monoisotopic (exact) mass is 122 g/mol. The number of aromatic nitrogens is 4. The fourth-order valence-corrected chi connectivity index (χ4v) is 0.386. The van der Waals surface area contributed by atoms with Gasteiger partial charge in [0.2, 0.25) is 0 Å². The molecule has 1 heterocycles. The third-order valence-electron chi connectivity index (χ3n) is 0.879. The van der Waals surface area contributed by atoms with E-state index in [4.69, 9.17) is 0 Å². The Balaban J connectivity index is 2.89. The zero-order valence-electron chi connectivity index (χ0n) is 4.86. The summed E-state index contributed by atoms with van der Waals surface area (Å²) in [6.07, 6.45) is 3.04. The van der Waals surface area contributed by atoms with E-state index in [1.54, 1.807) is 6.08 Å². The first-order valence-corrected chi connectivity index (χ1v) is 2.39. The van der Waals surface area contributed by atoms with Crippen LogP contribution in [0.4, 0.5) is 0 Å². The van der Waals surface area contributed by atoms with Crippen molar-refractivity contribution in [3.63, 3.8) is 0 Å². The molecule has 0 saturated carbocycles. The Morgan fingerprint density at radius 3 is 2.89 bits per heavy atom. The summed E-state index contributed by atoms with van der Waals surface area (Å²) in [6.45, 7) is 7.12. The van der Waals surface area contributed by atoms with Gasteiger partial charge in [-0.15, -0.1) is 5.10 Å². The van der Waals surface area contributed by atoms with E-state index < -0.39 is 0 Å². The highest BCUT2D eigenvalue weighted by atomic mass is 15.5. The molecule has 0 unspecified atom stereocenters. The van der Waals surface area contributed by atoms with E-state index in [9.17, 15) is 0 Å². The van der Waals surface area contributed by atoms with Crippen molar-refractivity contribution in [3.05, 3.63) is 25.6 Å². The van der Waals surface area contributed by atoms with Gasteiger partial charge in [0.05, 0.1) is 5.70 Å². The molecular formula is C5H6N4. The minimum absolute atomic E-state index is 0.667. The van der Waals surface area contributed by atoms with Crippen LogP contribution in [0.3, 0.4) is 0 Å². The maximum Gasteiger partial charge on any atom is 0.143 e. The molecule has 4 nitrogen and oxygen atoms in total. The van der Waals surface area contributed by atoms with Crippen LogP contribution < -0.4 is 0 Å². The van der Waals surface area contributed by atoms with Gasteiger partial charge in [-0.2, -0.15) is 0 Å². The van der Waals surface area contributed by atoms with Gasteiger partial charge in [-0.05, 0) is 16.5 Å². The first-order chi connectivity index (χ1) is 4.34. The molecule has 0 amide bonds. The fraction of sp³-hybridized carbons (Fsp3) is 0. The first kappa shape index (κ1) is 5.68. The Bertz CT molecular complexity index is 211. The van der Waals surface area contributed by atoms with Crippen molar-refractivity contribution in [1.29, 1.82) is 0 Å². The van der Waals surface area contributed by atoms with Crippen molar-refractivity contribution in [2.45, 2.75) is 0 Å². The lowest BCUT2D eigenvalue weighted by Gasteiger charge is -1.91. The molecule has 1 aromatic rings. The molecular weight excluding hydrogens is 116 g/mol. The molecule has 0 bridgehead atoms. The van der Waals surface area contributed by atoms with E-state index in [-0.39, 0.29) is 0 Å². The molecule has 0 N–H and O–H groups in total. The number of hydrogen-bond donors (Lipinski definition) is 0. The van der Waals surface area contributed by atoms with Gasteiger partial charge < -0.3 is 0 Å². The maximum absolute atomic E-state index is 3.62. The van der Waals surface area contributed by atoms with Gasteiger partial charge >= 0.3 is 0 Å². The van der Waals surface area contributed by atoms with Gasteiger partial charge in [-0.3, -0.25) is 0 Å². The molecule has 1 rings (SSSR count). The zero-order valence-corrected chi connectivity index (χ0v) is 4.86. The van der Waals surface area contributed by atoms with E-state index in [1.807, 2.05) is 0 Å². The third-order valence-corrected chi connectivity index (χ3v) is 0.879. The predicted octanol–water partition coefficient (Wildman–Crippen LogP) is 0.330.